The van der Waals surface area contributed by atoms with Gasteiger partial charge in [0.2, 0.25) is 0 Å². The number of halogens is 3. The molecule has 2 aromatic carbocycles. The first-order chi connectivity index (χ1) is 13.2. The molecule has 0 radical (unpaired) electrons. The van der Waals surface area contributed by atoms with E-state index >= 15 is 0 Å². The summed E-state index contributed by atoms with van der Waals surface area (Å²) >= 11 is 0. The molecule has 148 valence electrons. The Morgan fingerprint density at radius 3 is 2.25 bits per heavy atom. The quantitative estimate of drug-likeness (QED) is 0.588. The van der Waals surface area contributed by atoms with E-state index in [0.717, 1.165) is 12.1 Å². The molecule has 0 unspecified atom stereocenters. The maximum Gasteiger partial charge on any atom is 0.416 e. The Morgan fingerprint density at radius 1 is 1.04 bits per heavy atom. The van der Waals surface area contributed by atoms with Gasteiger partial charge in [0.25, 0.3) is 11.6 Å². The third-order valence-electron chi connectivity index (χ3n) is 4.65. The minimum absolute atomic E-state index is 0.0811. The van der Waals surface area contributed by atoms with Crippen LogP contribution in [0, 0.1) is 10.1 Å². The molecule has 0 bridgehead atoms. The molecular formula is C19H18F3N3O3. The van der Waals surface area contributed by atoms with Crippen LogP contribution in [0.15, 0.2) is 48.5 Å². The van der Waals surface area contributed by atoms with E-state index < -0.39 is 16.7 Å². The average Bonchev–Trinajstić information content (AvgIpc) is 2.68. The Bertz CT molecular complexity index is 861. The van der Waals surface area contributed by atoms with Crippen LogP contribution >= 0.6 is 0 Å². The summed E-state index contributed by atoms with van der Waals surface area (Å²) in [5, 5.41) is 10.7. The zero-order valence-electron chi connectivity index (χ0n) is 14.9. The predicted molar refractivity (Wildman–Crippen MR) is 95.7 cm³/mol. The highest BCUT2D eigenvalue weighted by Crippen LogP contribution is 2.29. The SMILES string of the molecule is O=C(c1ccc([N+](=O)[O-])cc1)N1CCN(Cc2cccc(C(F)(F)F)c2)CC1. The van der Waals surface area contributed by atoms with Crippen molar-refractivity contribution in [3.63, 3.8) is 0 Å². The van der Waals surface area contributed by atoms with Crippen molar-refractivity contribution in [2.45, 2.75) is 12.7 Å². The number of benzene rings is 2. The van der Waals surface area contributed by atoms with E-state index in [4.69, 9.17) is 0 Å². The summed E-state index contributed by atoms with van der Waals surface area (Å²) in [4.78, 5) is 26.3. The van der Waals surface area contributed by atoms with E-state index in [9.17, 15) is 28.1 Å². The third-order valence-corrected chi connectivity index (χ3v) is 4.65. The lowest BCUT2D eigenvalue weighted by Crippen LogP contribution is -2.48. The number of hydrogen-bond donors (Lipinski definition) is 0. The Hall–Kier alpha value is -2.94. The van der Waals surface area contributed by atoms with Crippen molar-refractivity contribution in [3.05, 3.63) is 75.3 Å². The number of rotatable bonds is 4. The molecule has 0 saturated carbocycles. The first-order valence-electron chi connectivity index (χ1n) is 8.66. The van der Waals surface area contributed by atoms with Crippen LogP contribution in [-0.4, -0.2) is 46.8 Å². The van der Waals surface area contributed by atoms with Crippen molar-refractivity contribution >= 4 is 11.6 Å². The number of amides is 1. The van der Waals surface area contributed by atoms with Gasteiger partial charge in [0.1, 0.15) is 0 Å². The minimum Gasteiger partial charge on any atom is -0.336 e. The number of piperazine rings is 1. The van der Waals surface area contributed by atoms with Gasteiger partial charge in [-0.2, -0.15) is 13.2 Å². The smallest absolute Gasteiger partial charge is 0.336 e. The lowest BCUT2D eigenvalue weighted by atomic mass is 10.1. The summed E-state index contributed by atoms with van der Waals surface area (Å²) < 4.78 is 38.5. The molecule has 0 aromatic heterocycles. The molecule has 0 N–H and O–H groups in total. The second-order valence-electron chi connectivity index (χ2n) is 6.57. The number of nitrogens with zero attached hydrogens (tertiary/aromatic N) is 3. The highest BCUT2D eigenvalue weighted by Gasteiger charge is 2.30. The fourth-order valence-electron chi connectivity index (χ4n) is 3.12. The van der Waals surface area contributed by atoms with Crippen LogP contribution in [0.4, 0.5) is 18.9 Å². The monoisotopic (exact) mass is 393 g/mol. The molecule has 3 rings (SSSR count). The van der Waals surface area contributed by atoms with Crippen LogP contribution in [0.3, 0.4) is 0 Å². The van der Waals surface area contributed by atoms with Gasteiger partial charge in [-0.3, -0.25) is 19.8 Å². The van der Waals surface area contributed by atoms with Gasteiger partial charge in [-0.05, 0) is 23.8 Å². The van der Waals surface area contributed by atoms with Gasteiger partial charge in [-0.25, -0.2) is 0 Å². The number of nitro groups is 1. The van der Waals surface area contributed by atoms with Crippen LogP contribution in [-0.2, 0) is 12.7 Å². The first-order valence-corrected chi connectivity index (χ1v) is 8.66. The fourth-order valence-corrected chi connectivity index (χ4v) is 3.12. The van der Waals surface area contributed by atoms with Crippen LogP contribution in [0.1, 0.15) is 21.5 Å². The number of hydrogen-bond acceptors (Lipinski definition) is 4. The molecule has 1 fully saturated rings. The molecule has 1 amide bonds. The van der Waals surface area contributed by atoms with E-state index in [2.05, 4.69) is 0 Å². The van der Waals surface area contributed by atoms with Gasteiger partial charge in [0.15, 0.2) is 0 Å². The molecule has 2 aromatic rings. The van der Waals surface area contributed by atoms with Gasteiger partial charge < -0.3 is 4.90 Å². The molecule has 0 spiro atoms. The fraction of sp³-hybridized carbons (Fsp3) is 0.316. The van der Waals surface area contributed by atoms with Gasteiger partial charge in [-0.15, -0.1) is 0 Å². The van der Waals surface area contributed by atoms with Gasteiger partial charge in [-0.1, -0.05) is 18.2 Å². The Labute approximate surface area is 159 Å². The molecular weight excluding hydrogens is 375 g/mol. The summed E-state index contributed by atoms with van der Waals surface area (Å²) in [6.07, 6.45) is -4.37. The number of carbonyl (C=O) groups excluding carboxylic acids is 1. The topological polar surface area (TPSA) is 66.7 Å². The molecule has 0 aliphatic carbocycles. The van der Waals surface area contributed by atoms with E-state index in [-0.39, 0.29) is 11.6 Å². The minimum atomic E-state index is -4.37. The van der Waals surface area contributed by atoms with Crippen LogP contribution in [0.25, 0.3) is 0 Å². The van der Waals surface area contributed by atoms with Gasteiger partial charge in [0.05, 0.1) is 10.5 Å². The van der Waals surface area contributed by atoms with E-state index in [0.29, 0.717) is 43.9 Å². The van der Waals surface area contributed by atoms with E-state index in [1.807, 2.05) is 4.90 Å². The van der Waals surface area contributed by atoms with Crippen molar-refractivity contribution in [3.8, 4) is 0 Å². The predicted octanol–water partition coefficient (Wildman–Crippen LogP) is 3.57. The van der Waals surface area contributed by atoms with Crippen LogP contribution in [0.5, 0.6) is 0 Å². The molecule has 1 aliphatic rings. The molecule has 28 heavy (non-hydrogen) atoms. The highest BCUT2D eigenvalue weighted by atomic mass is 19.4. The van der Waals surface area contributed by atoms with Gasteiger partial charge in [0, 0.05) is 50.4 Å². The zero-order chi connectivity index (χ0) is 20.3. The molecule has 9 heteroatoms. The summed E-state index contributed by atoms with van der Waals surface area (Å²) in [6, 6.07) is 10.7. The molecule has 6 nitrogen and oxygen atoms in total. The van der Waals surface area contributed by atoms with Crippen molar-refractivity contribution in [1.29, 1.82) is 0 Å². The molecule has 0 atom stereocenters. The Kier molecular flexibility index (Phi) is 5.64. The molecule has 1 aliphatic heterocycles. The maximum atomic E-state index is 12.8. The van der Waals surface area contributed by atoms with Crippen LogP contribution < -0.4 is 0 Å². The average molecular weight is 393 g/mol. The standard InChI is InChI=1S/C19H18F3N3O3/c20-19(21,22)16-3-1-2-14(12-16)13-23-8-10-24(11-9-23)18(26)15-4-6-17(7-5-15)25(27)28/h1-7,12H,8-11,13H2. The second-order valence-corrected chi connectivity index (χ2v) is 6.57. The number of non-ortho nitro benzene ring substituents is 1. The maximum absolute atomic E-state index is 12.8. The number of nitro benzene ring substituents is 1. The second kappa shape index (κ2) is 7.97. The Balaban J connectivity index is 1.57. The number of alkyl halides is 3. The normalized spacial score (nSPS) is 15.5. The van der Waals surface area contributed by atoms with Gasteiger partial charge >= 0.3 is 6.18 Å². The summed E-state index contributed by atoms with van der Waals surface area (Å²) in [6.45, 7) is 2.33. The molecule has 1 saturated heterocycles. The van der Waals surface area contributed by atoms with Crippen molar-refractivity contribution in [1.82, 2.24) is 9.80 Å². The first kappa shape index (κ1) is 19.8. The summed E-state index contributed by atoms with van der Waals surface area (Å²) in [7, 11) is 0. The summed E-state index contributed by atoms with van der Waals surface area (Å²) in [5.41, 5.74) is 0.196. The van der Waals surface area contributed by atoms with Crippen LogP contribution in [0.2, 0.25) is 0 Å². The lowest BCUT2D eigenvalue weighted by Gasteiger charge is -2.34. The lowest BCUT2D eigenvalue weighted by molar-refractivity contribution is -0.384. The molecule has 1 heterocycles. The Morgan fingerprint density at radius 2 is 1.68 bits per heavy atom. The van der Waals surface area contributed by atoms with Crippen molar-refractivity contribution < 1.29 is 22.9 Å². The third kappa shape index (κ3) is 4.66. The largest absolute Gasteiger partial charge is 0.416 e. The highest BCUT2D eigenvalue weighted by molar-refractivity contribution is 5.94. The number of carbonyl (C=O) groups is 1. The van der Waals surface area contributed by atoms with Crippen molar-refractivity contribution in [2.75, 3.05) is 26.2 Å². The van der Waals surface area contributed by atoms with Crippen molar-refractivity contribution in [2.24, 2.45) is 0 Å². The summed E-state index contributed by atoms with van der Waals surface area (Å²) in [5.74, 6) is -0.214. The zero-order valence-corrected chi connectivity index (χ0v) is 14.9. The van der Waals surface area contributed by atoms with E-state index in [1.165, 1.54) is 30.3 Å². The van der Waals surface area contributed by atoms with E-state index in [1.54, 1.807) is 11.0 Å².